The molecule has 0 unspecified atom stereocenters. The number of carboxylic acids is 1. The Bertz CT molecular complexity index is 895. The number of para-hydroxylation sites is 1. The van der Waals surface area contributed by atoms with E-state index in [9.17, 15) is 15.0 Å². The molecule has 5 nitrogen and oxygen atoms in total. The Kier molecular flexibility index (Phi) is 3.70. The lowest BCUT2D eigenvalue weighted by atomic mass is 10.1. The predicted molar refractivity (Wildman–Crippen MR) is 86.9 cm³/mol. The van der Waals surface area contributed by atoms with Crippen LogP contribution in [0.5, 0.6) is 11.5 Å². The summed E-state index contributed by atoms with van der Waals surface area (Å²) in [4.78, 5) is 11.2. The van der Waals surface area contributed by atoms with Crippen LogP contribution in [0.2, 0.25) is 0 Å². The van der Waals surface area contributed by atoms with Crippen molar-refractivity contribution in [2.45, 2.75) is 19.9 Å². The van der Waals surface area contributed by atoms with E-state index in [1.165, 1.54) is 0 Å². The number of rotatable bonds is 4. The zero-order chi connectivity index (χ0) is 16.6. The van der Waals surface area contributed by atoms with Crippen LogP contribution < -0.4 is 0 Å². The summed E-state index contributed by atoms with van der Waals surface area (Å²) in [5.41, 5.74) is 2.98. The van der Waals surface area contributed by atoms with Gasteiger partial charge in [0.25, 0.3) is 0 Å². The average Bonchev–Trinajstić information content (AvgIpc) is 2.74. The zero-order valence-electron chi connectivity index (χ0n) is 12.7. The number of aliphatic carboxylic acids is 1. The molecule has 0 saturated carbocycles. The van der Waals surface area contributed by atoms with Gasteiger partial charge in [0, 0.05) is 17.6 Å². The summed E-state index contributed by atoms with van der Waals surface area (Å²) in [6.07, 6.45) is -0.0984. The van der Waals surface area contributed by atoms with Crippen LogP contribution in [-0.4, -0.2) is 25.9 Å². The van der Waals surface area contributed by atoms with E-state index in [-0.39, 0.29) is 17.9 Å². The number of benzene rings is 2. The van der Waals surface area contributed by atoms with Gasteiger partial charge < -0.3 is 19.9 Å². The topological polar surface area (TPSA) is 82.7 Å². The van der Waals surface area contributed by atoms with Gasteiger partial charge in [0.2, 0.25) is 0 Å². The summed E-state index contributed by atoms with van der Waals surface area (Å²) in [5, 5.41) is 29.7. The SMILES string of the molecule is Cc1c(CC(=O)O)c2cccc(O)c2n1Cc1cccc(O)c1. The highest BCUT2D eigenvalue weighted by Gasteiger charge is 2.18. The van der Waals surface area contributed by atoms with Gasteiger partial charge in [-0.1, -0.05) is 24.3 Å². The average molecular weight is 311 g/mol. The van der Waals surface area contributed by atoms with E-state index in [2.05, 4.69) is 0 Å². The molecule has 5 heteroatoms. The number of aromatic nitrogens is 1. The van der Waals surface area contributed by atoms with Crippen LogP contribution in [0.25, 0.3) is 10.9 Å². The Morgan fingerprint density at radius 2 is 1.87 bits per heavy atom. The minimum atomic E-state index is -0.909. The minimum absolute atomic E-state index is 0.0984. The third-order valence-electron chi connectivity index (χ3n) is 4.03. The van der Waals surface area contributed by atoms with Crippen molar-refractivity contribution in [3.63, 3.8) is 0 Å². The molecule has 0 bridgehead atoms. The Morgan fingerprint density at radius 3 is 2.57 bits per heavy atom. The summed E-state index contributed by atoms with van der Waals surface area (Å²) in [5.74, 6) is -0.623. The van der Waals surface area contributed by atoms with Gasteiger partial charge in [0.15, 0.2) is 0 Å². The van der Waals surface area contributed by atoms with Crippen LogP contribution in [0.3, 0.4) is 0 Å². The Labute approximate surface area is 133 Å². The first-order valence-corrected chi connectivity index (χ1v) is 7.26. The van der Waals surface area contributed by atoms with Crippen LogP contribution in [-0.2, 0) is 17.8 Å². The monoisotopic (exact) mass is 311 g/mol. The highest BCUT2D eigenvalue weighted by Crippen LogP contribution is 2.33. The highest BCUT2D eigenvalue weighted by molar-refractivity contribution is 5.92. The van der Waals surface area contributed by atoms with Crippen molar-refractivity contribution in [1.82, 2.24) is 4.57 Å². The Morgan fingerprint density at radius 1 is 1.13 bits per heavy atom. The molecule has 3 rings (SSSR count). The summed E-state index contributed by atoms with van der Waals surface area (Å²) < 4.78 is 1.89. The third-order valence-corrected chi connectivity index (χ3v) is 4.03. The second-order valence-electron chi connectivity index (χ2n) is 5.56. The number of nitrogens with zero attached hydrogens (tertiary/aromatic N) is 1. The summed E-state index contributed by atoms with van der Waals surface area (Å²) in [6.45, 7) is 2.29. The molecule has 0 fully saturated rings. The molecule has 3 N–H and O–H groups in total. The number of fused-ring (bicyclic) bond motifs is 1. The van der Waals surface area contributed by atoms with Gasteiger partial charge in [-0.25, -0.2) is 0 Å². The van der Waals surface area contributed by atoms with Gasteiger partial charge in [-0.15, -0.1) is 0 Å². The number of carboxylic acid groups (broad SMARTS) is 1. The lowest BCUT2D eigenvalue weighted by molar-refractivity contribution is -0.136. The van der Waals surface area contributed by atoms with Gasteiger partial charge in [-0.05, 0) is 36.2 Å². The van der Waals surface area contributed by atoms with E-state index in [4.69, 9.17) is 5.11 Å². The number of phenols is 2. The fraction of sp³-hybridized carbons (Fsp3) is 0.167. The first-order chi connectivity index (χ1) is 11.0. The molecular weight excluding hydrogens is 294 g/mol. The number of phenolic OH excluding ortho intramolecular Hbond substituents is 2. The maximum absolute atomic E-state index is 11.2. The normalized spacial score (nSPS) is 11.0. The van der Waals surface area contributed by atoms with E-state index >= 15 is 0 Å². The van der Waals surface area contributed by atoms with Crippen LogP contribution in [0.4, 0.5) is 0 Å². The van der Waals surface area contributed by atoms with Crippen LogP contribution >= 0.6 is 0 Å². The van der Waals surface area contributed by atoms with Crippen molar-refractivity contribution in [1.29, 1.82) is 0 Å². The van der Waals surface area contributed by atoms with Crippen molar-refractivity contribution in [2.24, 2.45) is 0 Å². The van der Waals surface area contributed by atoms with E-state index < -0.39 is 5.97 Å². The van der Waals surface area contributed by atoms with Gasteiger partial charge in [0.1, 0.15) is 11.5 Å². The second kappa shape index (κ2) is 5.68. The fourth-order valence-electron chi connectivity index (χ4n) is 2.99. The molecule has 23 heavy (non-hydrogen) atoms. The van der Waals surface area contributed by atoms with Gasteiger partial charge in [0.05, 0.1) is 11.9 Å². The summed E-state index contributed by atoms with van der Waals surface area (Å²) in [6, 6.07) is 12.0. The number of hydrogen-bond donors (Lipinski definition) is 3. The van der Waals surface area contributed by atoms with Crippen molar-refractivity contribution in [2.75, 3.05) is 0 Å². The van der Waals surface area contributed by atoms with Crippen LogP contribution in [0.15, 0.2) is 42.5 Å². The summed E-state index contributed by atoms with van der Waals surface area (Å²) in [7, 11) is 0. The molecule has 2 aromatic carbocycles. The maximum Gasteiger partial charge on any atom is 0.307 e. The molecule has 0 saturated heterocycles. The lowest BCUT2D eigenvalue weighted by Gasteiger charge is -2.10. The second-order valence-corrected chi connectivity index (χ2v) is 5.56. The molecule has 118 valence electrons. The van der Waals surface area contributed by atoms with Gasteiger partial charge in [-0.2, -0.15) is 0 Å². The Balaban J connectivity index is 2.19. The van der Waals surface area contributed by atoms with Crippen LogP contribution in [0, 0.1) is 6.92 Å². The Hall–Kier alpha value is -2.95. The van der Waals surface area contributed by atoms with E-state index in [1.807, 2.05) is 23.6 Å². The van der Waals surface area contributed by atoms with Crippen molar-refractivity contribution in [3.8, 4) is 11.5 Å². The van der Waals surface area contributed by atoms with Gasteiger partial charge in [-0.3, -0.25) is 4.79 Å². The fourth-order valence-corrected chi connectivity index (χ4v) is 2.99. The molecule has 0 aliphatic heterocycles. The zero-order valence-corrected chi connectivity index (χ0v) is 12.7. The van der Waals surface area contributed by atoms with E-state index in [1.54, 1.807) is 30.3 Å². The molecule has 3 aromatic rings. The smallest absolute Gasteiger partial charge is 0.307 e. The van der Waals surface area contributed by atoms with Gasteiger partial charge >= 0.3 is 5.97 Å². The van der Waals surface area contributed by atoms with E-state index in [0.29, 0.717) is 17.6 Å². The molecule has 0 spiro atoms. The number of aromatic hydroxyl groups is 2. The molecule has 1 heterocycles. The number of carbonyl (C=O) groups is 1. The quantitative estimate of drug-likeness (QED) is 0.691. The minimum Gasteiger partial charge on any atom is -0.508 e. The standard InChI is InChI=1S/C18H17NO4/c1-11-15(9-17(22)23)14-6-3-7-16(21)18(14)19(11)10-12-4-2-5-13(20)8-12/h2-8,20-21H,9-10H2,1H3,(H,22,23). The molecule has 1 aromatic heterocycles. The molecule has 0 aliphatic rings. The van der Waals surface area contributed by atoms with Crippen molar-refractivity contribution < 1.29 is 20.1 Å². The molecule has 0 amide bonds. The van der Waals surface area contributed by atoms with Crippen molar-refractivity contribution in [3.05, 3.63) is 59.3 Å². The largest absolute Gasteiger partial charge is 0.508 e. The van der Waals surface area contributed by atoms with Crippen molar-refractivity contribution >= 4 is 16.9 Å². The summed E-state index contributed by atoms with van der Waals surface area (Å²) >= 11 is 0. The number of hydrogen-bond acceptors (Lipinski definition) is 3. The molecule has 0 radical (unpaired) electrons. The maximum atomic E-state index is 11.2. The van der Waals surface area contributed by atoms with Crippen LogP contribution in [0.1, 0.15) is 16.8 Å². The first-order valence-electron chi connectivity index (χ1n) is 7.26. The predicted octanol–water partition coefficient (Wildman–Crippen LogP) is 3.04. The van der Waals surface area contributed by atoms with E-state index in [0.717, 1.165) is 16.6 Å². The lowest BCUT2D eigenvalue weighted by Crippen LogP contribution is -2.05. The third kappa shape index (κ3) is 2.73. The molecule has 0 atom stereocenters. The first kappa shape index (κ1) is 15.0. The highest BCUT2D eigenvalue weighted by atomic mass is 16.4. The molecular formula is C18H17NO4. The molecule has 0 aliphatic carbocycles.